The van der Waals surface area contributed by atoms with E-state index in [4.69, 9.17) is 0 Å². The van der Waals surface area contributed by atoms with Crippen LogP contribution in [0.3, 0.4) is 0 Å². The van der Waals surface area contributed by atoms with Crippen LogP contribution in [0.4, 0.5) is 0 Å². The van der Waals surface area contributed by atoms with Gasteiger partial charge in [-0.1, -0.05) is 60.2 Å². The van der Waals surface area contributed by atoms with E-state index in [9.17, 15) is 0 Å². The molecule has 0 aliphatic rings. The number of allylic oxidation sites excluding steroid dienone is 1. The van der Waals surface area contributed by atoms with Gasteiger partial charge in [0.25, 0.3) is 0 Å². The van der Waals surface area contributed by atoms with E-state index in [1.54, 1.807) is 0 Å². The Morgan fingerprint density at radius 3 is 2.16 bits per heavy atom. The van der Waals surface area contributed by atoms with Gasteiger partial charge in [0.1, 0.15) is 7.05 Å². The Hall–Kier alpha value is -3.45. The Labute approximate surface area is 184 Å². The molecule has 0 aliphatic heterocycles. The number of hydrogen-bond donors (Lipinski definition) is 0. The molecular formula is C30H28N+. The number of nitrogens with zero attached hydrogens (tertiary/aromatic N) is 1. The lowest BCUT2D eigenvalue weighted by atomic mass is 9.91. The topological polar surface area (TPSA) is 3.88 Å². The van der Waals surface area contributed by atoms with Crippen LogP contribution in [0.15, 0.2) is 72.9 Å². The molecule has 152 valence electrons. The van der Waals surface area contributed by atoms with E-state index >= 15 is 0 Å². The molecule has 5 rings (SSSR count). The third kappa shape index (κ3) is 3.13. The average Bonchev–Trinajstić information content (AvgIpc) is 2.74. The van der Waals surface area contributed by atoms with Gasteiger partial charge in [-0.2, -0.15) is 0 Å². The highest BCUT2D eigenvalue weighted by atomic mass is 14.9. The maximum absolute atomic E-state index is 2.32. The Kier molecular flexibility index (Phi) is 4.63. The fraction of sp³-hybridized carbons (Fsp3) is 0.167. The van der Waals surface area contributed by atoms with Crippen LogP contribution in [0.1, 0.15) is 29.2 Å². The summed E-state index contributed by atoms with van der Waals surface area (Å²) < 4.78 is 2.26. The van der Waals surface area contributed by atoms with Gasteiger partial charge in [0, 0.05) is 11.5 Å². The van der Waals surface area contributed by atoms with Crippen LogP contribution in [0.2, 0.25) is 0 Å². The van der Waals surface area contributed by atoms with Crippen LogP contribution in [0.25, 0.3) is 49.7 Å². The van der Waals surface area contributed by atoms with Gasteiger partial charge in [0.15, 0.2) is 6.20 Å². The van der Waals surface area contributed by atoms with Crippen molar-refractivity contribution >= 4 is 38.4 Å². The van der Waals surface area contributed by atoms with Gasteiger partial charge >= 0.3 is 0 Å². The Balaban J connectivity index is 1.90. The molecule has 0 N–H and O–H groups in total. The highest BCUT2D eigenvalue weighted by Gasteiger charge is 2.20. The summed E-state index contributed by atoms with van der Waals surface area (Å²) in [7, 11) is 2.15. The molecule has 0 radical (unpaired) electrons. The van der Waals surface area contributed by atoms with Crippen molar-refractivity contribution in [3.63, 3.8) is 0 Å². The van der Waals surface area contributed by atoms with Gasteiger partial charge in [-0.25, -0.2) is 4.57 Å². The Bertz CT molecular complexity index is 1520. The van der Waals surface area contributed by atoms with Crippen LogP contribution >= 0.6 is 0 Å². The maximum Gasteiger partial charge on any atom is 0.220 e. The van der Waals surface area contributed by atoms with Crippen molar-refractivity contribution in [3.8, 4) is 11.3 Å². The van der Waals surface area contributed by atoms with E-state index in [0.29, 0.717) is 0 Å². The number of aromatic nitrogens is 1. The first kappa shape index (κ1) is 19.5. The molecule has 1 heteroatoms. The summed E-state index contributed by atoms with van der Waals surface area (Å²) in [6, 6.07) is 22.8. The lowest BCUT2D eigenvalue weighted by Gasteiger charge is -2.13. The van der Waals surface area contributed by atoms with Crippen molar-refractivity contribution in [1.82, 2.24) is 0 Å². The van der Waals surface area contributed by atoms with Crippen molar-refractivity contribution < 1.29 is 4.57 Å². The SMILES string of the molecule is C/C=C\c1c(C)cc(C)cc1-c1c2ccc3c4ccc(C)cc4ccc3c2cc[n+]1C. The fourth-order valence-electron chi connectivity index (χ4n) is 5.02. The zero-order chi connectivity index (χ0) is 21.7. The van der Waals surface area contributed by atoms with E-state index in [-0.39, 0.29) is 0 Å². The number of rotatable bonds is 2. The van der Waals surface area contributed by atoms with Crippen LogP contribution in [0, 0.1) is 20.8 Å². The van der Waals surface area contributed by atoms with Crippen molar-refractivity contribution in [3.05, 3.63) is 95.2 Å². The van der Waals surface area contributed by atoms with E-state index in [1.165, 1.54) is 65.8 Å². The molecule has 0 spiro atoms. The molecule has 1 aromatic heterocycles. The average molecular weight is 403 g/mol. The first-order valence-corrected chi connectivity index (χ1v) is 11.0. The van der Waals surface area contributed by atoms with E-state index in [1.807, 2.05) is 0 Å². The third-order valence-corrected chi connectivity index (χ3v) is 6.41. The first-order chi connectivity index (χ1) is 15.0. The molecule has 0 fully saturated rings. The summed E-state index contributed by atoms with van der Waals surface area (Å²) in [5, 5.41) is 7.85. The number of benzene rings is 4. The molecule has 1 heterocycles. The van der Waals surface area contributed by atoms with Crippen molar-refractivity contribution in [2.75, 3.05) is 0 Å². The smallest absolute Gasteiger partial charge is 0.200 e. The summed E-state index contributed by atoms with van der Waals surface area (Å²) in [5.41, 5.74) is 7.76. The number of fused-ring (bicyclic) bond motifs is 5. The van der Waals surface area contributed by atoms with Crippen molar-refractivity contribution in [1.29, 1.82) is 0 Å². The lowest BCUT2D eigenvalue weighted by Crippen LogP contribution is -2.30. The van der Waals surface area contributed by atoms with Gasteiger partial charge in [-0.05, 0) is 78.1 Å². The quantitative estimate of drug-likeness (QED) is 0.211. The van der Waals surface area contributed by atoms with E-state index in [0.717, 1.165) is 0 Å². The van der Waals surface area contributed by atoms with E-state index in [2.05, 4.69) is 118 Å². The molecule has 0 saturated carbocycles. The monoisotopic (exact) mass is 402 g/mol. The van der Waals surface area contributed by atoms with Gasteiger partial charge in [-0.3, -0.25) is 0 Å². The standard InChI is InChI=1S/C30H28N/c1-6-7-23-21(4)16-20(3)18-29(23)30-28-13-12-25-24-10-8-19(2)17-22(24)9-11-26(25)27(28)14-15-31(30)5/h6-18H,1-5H3/q+1/b7-6-. The Morgan fingerprint density at radius 2 is 1.35 bits per heavy atom. The van der Waals surface area contributed by atoms with Crippen LogP contribution < -0.4 is 4.57 Å². The Morgan fingerprint density at radius 1 is 0.677 bits per heavy atom. The zero-order valence-corrected chi connectivity index (χ0v) is 19.0. The maximum atomic E-state index is 2.32. The number of aryl methyl sites for hydroxylation is 4. The van der Waals surface area contributed by atoms with Crippen molar-refractivity contribution in [2.24, 2.45) is 7.05 Å². The second kappa shape index (κ2) is 7.35. The summed E-state index contributed by atoms with van der Waals surface area (Å²) in [6.07, 6.45) is 6.57. The van der Waals surface area contributed by atoms with Gasteiger partial charge in [0.2, 0.25) is 5.69 Å². The number of hydrogen-bond acceptors (Lipinski definition) is 0. The largest absolute Gasteiger partial charge is 0.220 e. The minimum Gasteiger partial charge on any atom is -0.200 e. The minimum atomic E-state index is 1.27. The fourth-order valence-corrected chi connectivity index (χ4v) is 5.02. The van der Waals surface area contributed by atoms with Crippen LogP contribution in [-0.4, -0.2) is 0 Å². The second-order valence-corrected chi connectivity index (χ2v) is 8.73. The summed E-state index contributed by atoms with van der Waals surface area (Å²) >= 11 is 0. The van der Waals surface area contributed by atoms with Crippen LogP contribution in [-0.2, 0) is 7.05 Å². The minimum absolute atomic E-state index is 1.27. The second-order valence-electron chi connectivity index (χ2n) is 8.73. The summed E-state index contributed by atoms with van der Waals surface area (Å²) in [4.78, 5) is 0. The van der Waals surface area contributed by atoms with E-state index < -0.39 is 0 Å². The molecule has 0 bridgehead atoms. The number of pyridine rings is 1. The van der Waals surface area contributed by atoms with Crippen molar-refractivity contribution in [2.45, 2.75) is 27.7 Å². The molecule has 0 atom stereocenters. The third-order valence-electron chi connectivity index (χ3n) is 6.41. The zero-order valence-electron chi connectivity index (χ0n) is 19.0. The highest BCUT2D eigenvalue weighted by molar-refractivity contribution is 6.18. The molecule has 0 saturated heterocycles. The van der Waals surface area contributed by atoms with Crippen LogP contribution in [0.5, 0.6) is 0 Å². The van der Waals surface area contributed by atoms with Gasteiger partial charge in [-0.15, -0.1) is 0 Å². The summed E-state index contributed by atoms with van der Waals surface area (Å²) in [5.74, 6) is 0. The molecule has 5 aromatic rings. The molecule has 31 heavy (non-hydrogen) atoms. The molecule has 0 aliphatic carbocycles. The molecule has 1 nitrogen and oxygen atoms in total. The summed E-state index contributed by atoms with van der Waals surface area (Å²) in [6.45, 7) is 8.64. The molecule has 0 unspecified atom stereocenters. The highest BCUT2D eigenvalue weighted by Crippen LogP contribution is 2.36. The molecular weight excluding hydrogens is 374 g/mol. The predicted molar refractivity (Wildman–Crippen MR) is 134 cm³/mol. The molecule has 0 amide bonds. The predicted octanol–water partition coefficient (Wildman–Crippen LogP) is 7.60. The van der Waals surface area contributed by atoms with Gasteiger partial charge in [0.05, 0.1) is 10.9 Å². The molecule has 4 aromatic carbocycles. The lowest BCUT2D eigenvalue weighted by molar-refractivity contribution is -0.659. The first-order valence-electron chi connectivity index (χ1n) is 11.0. The normalized spacial score (nSPS) is 11.9. The van der Waals surface area contributed by atoms with Gasteiger partial charge < -0.3 is 0 Å².